The number of nitrogens with zero attached hydrogens (tertiary/aromatic N) is 1. The third-order valence-corrected chi connectivity index (χ3v) is 2.93. The number of hydrogen-bond acceptors (Lipinski definition) is 4. The topological polar surface area (TPSA) is 67.2 Å². The number of halogens is 4. The first-order chi connectivity index (χ1) is 8.88. The lowest BCUT2D eigenvalue weighted by Crippen LogP contribution is -2.22. The smallest absolute Gasteiger partial charge is 0.381 e. The number of nitrogens with one attached hydrogen (secondary N) is 2. The summed E-state index contributed by atoms with van der Waals surface area (Å²) in [5.41, 5.74) is -1.91. The van der Waals surface area contributed by atoms with Crippen LogP contribution in [-0.4, -0.2) is 24.1 Å². The molecule has 2 N–H and O–H groups in total. The predicted octanol–water partition coefficient (Wildman–Crippen LogP) is 2.81. The minimum absolute atomic E-state index is 0. The minimum Gasteiger partial charge on any atom is -0.381 e. The number of nitro groups is 1. The molecule has 1 unspecified atom stereocenters. The molecule has 1 saturated heterocycles. The minimum atomic E-state index is -4.74. The van der Waals surface area contributed by atoms with Crippen molar-refractivity contribution in [1.29, 1.82) is 0 Å². The molecular weight excluding hydrogens is 299 g/mol. The standard InChI is InChI=1S/C11H12F3N3O2.ClH/c12-11(13,14)9-5-7(1-2-10(9)17(18)19)16-8-3-4-15-6-8;/h1-2,5,8,15-16H,3-4,6H2;1H. The van der Waals surface area contributed by atoms with Gasteiger partial charge in [0.2, 0.25) is 0 Å². The van der Waals surface area contributed by atoms with E-state index >= 15 is 0 Å². The largest absolute Gasteiger partial charge is 0.423 e. The van der Waals surface area contributed by atoms with Crippen LogP contribution < -0.4 is 10.6 Å². The summed E-state index contributed by atoms with van der Waals surface area (Å²) < 4.78 is 38.3. The fourth-order valence-corrected chi connectivity index (χ4v) is 2.03. The molecule has 5 nitrogen and oxygen atoms in total. The summed E-state index contributed by atoms with van der Waals surface area (Å²) in [7, 11) is 0. The Kier molecular flexibility index (Phi) is 5.18. The maximum atomic E-state index is 12.8. The van der Waals surface area contributed by atoms with Crippen LogP contribution in [0.2, 0.25) is 0 Å². The van der Waals surface area contributed by atoms with Crippen molar-refractivity contribution < 1.29 is 18.1 Å². The molecule has 0 aliphatic carbocycles. The van der Waals surface area contributed by atoms with E-state index in [9.17, 15) is 23.3 Å². The highest BCUT2D eigenvalue weighted by atomic mass is 35.5. The summed E-state index contributed by atoms with van der Waals surface area (Å²) in [5.74, 6) is 0. The maximum Gasteiger partial charge on any atom is 0.423 e. The van der Waals surface area contributed by atoms with E-state index in [0.29, 0.717) is 6.54 Å². The Balaban J connectivity index is 0.00000200. The van der Waals surface area contributed by atoms with Gasteiger partial charge in [-0.05, 0) is 25.1 Å². The van der Waals surface area contributed by atoms with Crippen molar-refractivity contribution in [3.63, 3.8) is 0 Å². The number of rotatable bonds is 3. The molecule has 1 aliphatic heterocycles. The van der Waals surface area contributed by atoms with Crippen molar-refractivity contribution >= 4 is 23.8 Å². The van der Waals surface area contributed by atoms with Gasteiger partial charge in [-0.15, -0.1) is 12.4 Å². The molecule has 1 heterocycles. The molecule has 0 saturated carbocycles. The fraction of sp³-hybridized carbons (Fsp3) is 0.455. The van der Waals surface area contributed by atoms with E-state index in [4.69, 9.17) is 0 Å². The van der Waals surface area contributed by atoms with Crippen LogP contribution >= 0.6 is 12.4 Å². The quantitative estimate of drug-likeness (QED) is 0.665. The van der Waals surface area contributed by atoms with Gasteiger partial charge >= 0.3 is 6.18 Å². The zero-order valence-electron chi connectivity index (χ0n) is 10.2. The monoisotopic (exact) mass is 311 g/mol. The lowest BCUT2D eigenvalue weighted by atomic mass is 10.1. The van der Waals surface area contributed by atoms with Gasteiger partial charge in [0.05, 0.1) is 4.92 Å². The fourth-order valence-electron chi connectivity index (χ4n) is 2.03. The maximum absolute atomic E-state index is 12.8. The average molecular weight is 312 g/mol. The number of nitro benzene ring substituents is 1. The molecule has 1 aromatic carbocycles. The summed E-state index contributed by atoms with van der Waals surface area (Å²) in [5, 5.41) is 16.6. The average Bonchev–Trinajstić information content (AvgIpc) is 2.80. The van der Waals surface area contributed by atoms with Gasteiger partial charge < -0.3 is 10.6 Å². The normalized spacial score (nSPS) is 18.4. The molecular formula is C11H13ClF3N3O2. The molecule has 1 aromatic rings. The molecule has 0 radical (unpaired) electrons. The first-order valence-electron chi connectivity index (χ1n) is 5.71. The summed E-state index contributed by atoms with van der Waals surface area (Å²) in [6, 6.07) is 3.01. The van der Waals surface area contributed by atoms with Gasteiger partial charge in [-0.2, -0.15) is 13.2 Å². The molecule has 0 spiro atoms. The molecule has 1 aliphatic rings. The van der Waals surface area contributed by atoms with Crippen molar-refractivity contribution in [3.05, 3.63) is 33.9 Å². The second kappa shape index (κ2) is 6.27. The Labute approximate surface area is 119 Å². The highest BCUT2D eigenvalue weighted by Gasteiger charge is 2.38. The number of anilines is 1. The van der Waals surface area contributed by atoms with Crippen LogP contribution in [0.3, 0.4) is 0 Å². The Morgan fingerprint density at radius 2 is 2.10 bits per heavy atom. The molecule has 20 heavy (non-hydrogen) atoms. The van der Waals surface area contributed by atoms with E-state index in [-0.39, 0.29) is 24.1 Å². The molecule has 112 valence electrons. The second-order valence-electron chi connectivity index (χ2n) is 4.32. The molecule has 9 heteroatoms. The van der Waals surface area contributed by atoms with Gasteiger partial charge in [0, 0.05) is 24.3 Å². The molecule has 0 amide bonds. The lowest BCUT2D eigenvalue weighted by Gasteiger charge is -2.15. The number of alkyl halides is 3. The van der Waals surface area contributed by atoms with Gasteiger partial charge in [-0.3, -0.25) is 10.1 Å². The van der Waals surface area contributed by atoms with E-state index in [2.05, 4.69) is 10.6 Å². The van der Waals surface area contributed by atoms with Crippen LogP contribution in [0.15, 0.2) is 18.2 Å². The highest BCUT2D eigenvalue weighted by molar-refractivity contribution is 5.85. The van der Waals surface area contributed by atoms with Crippen LogP contribution in [-0.2, 0) is 6.18 Å². The van der Waals surface area contributed by atoms with E-state index in [1.807, 2.05) is 0 Å². The van der Waals surface area contributed by atoms with Gasteiger partial charge in [-0.1, -0.05) is 0 Å². The van der Waals surface area contributed by atoms with Crippen molar-refractivity contribution in [2.24, 2.45) is 0 Å². The zero-order valence-corrected chi connectivity index (χ0v) is 11.1. The Bertz CT molecular complexity index is 490. The summed E-state index contributed by atoms with van der Waals surface area (Å²) >= 11 is 0. The van der Waals surface area contributed by atoms with Crippen molar-refractivity contribution in [2.45, 2.75) is 18.6 Å². The van der Waals surface area contributed by atoms with Gasteiger partial charge in [-0.25, -0.2) is 0 Å². The van der Waals surface area contributed by atoms with E-state index in [1.54, 1.807) is 0 Å². The molecule has 0 aromatic heterocycles. The van der Waals surface area contributed by atoms with Crippen LogP contribution in [0, 0.1) is 10.1 Å². The van der Waals surface area contributed by atoms with Gasteiger partial charge in [0.25, 0.3) is 5.69 Å². The predicted molar refractivity (Wildman–Crippen MR) is 70.2 cm³/mol. The Hall–Kier alpha value is -1.54. The number of hydrogen-bond donors (Lipinski definition) is 2. The SMILES string of the molecule is Cl.O=[N+]([O-])c1ccc(NC2CCNC2)cc1C(F)(F)F. The van der Waals surface area contributed by atoms with Crippen molar-refractivity contribution in [2.75, 3.05) is 18.4 Å². The van der Waals surface area contributed by atoms with E-state index in [0.717, 1.165) is 25.1 Å². The first-order valence-corrected chi connectivity index (χ1v) is 5.71. The van der Waals surface area contributed by atoms with E-state index < -0.39 is 22.4 Å². The van der Waals surface area contributed by atoms with Crippen LogP contribution in [0.4, 0.5) is 24.5 Å². The zero-order chi connectivity index (χ0) is 14.0. The Morgan fingerprint density at radius 1 is 1.40 bits per heavy atom. The molecule has 2 rings (SSSR count). The molecule has 1 atom stereocenters. The van der Waals surface area contributed by atoms with Crippen LogP contribution in [0.1, 0.15) is 12.0 Å². The summed E-state index contributed by atoms with van der Waals surface area (Å²) in [6.07, 6.45) is -3.94. The second-order valence-corrected chi connectivity index (χ2v) is 4.32. The van der Waals surface area contributed by atoms with Crippen molar-refractivity contribution in [3.8, 4) is 0 Å². The molecule has 1 fully saturated rings. The Morgan fingerprint density at radius 3 is 2.60 bits per heavy atom. The number of benzene rings is 1. The lowest BCUT2D eigenvalue weighted by molar-refractivity contribution is -0.388. The van der Waals surface area contributed by atoms with Gasteiger partial charge in [0.15, 0.2) is 0 Å². The van der Waals surface area contributed by atoms with Crippen LogP contribution in [0.25, 0.3) is 0 Å². The third kappa shape index (κ3) is 3.73. The van der Waals surface area contributed by atoms with Gasteiger partial charge in [0.1, 0.15) is 5.56 Å². The first kappa shape index (κ1) is 16.5. The van der Waals surface area contributed by atoms with Crippen molar-refractivity contribution in [1.82, 2.24) is 5.32 Å². The molecule has 0 bridgehead atoms. The summed E-state index contributed by atoms with van der Waals surface area (Å²) in [4.78, 5) is 9.58. The third-order valence-electron chi connectivity index (χ3n) is 2.93. The van der Waals surface area contributed by atoms with E-state index in [1.165, 1.54) is 6.07 Å². The van der Waals surface area contributed by atoms with Crippen LogP contribution in [0.5, 0.6) is 0 Å². The summed E-state index contributed by atoms with van der Waals surface area (Å²) in [6.45, 7) is 1.47. The highest BCUT2D eigenvalue weighted by Crippen LogP contribution is 2.37.